The molecule has 0 spiro atoms. The van der Waals surface area contributed by atoms with Gasteiger partial charge < -0.3 is 9.88 Å². The molecule has 0 fully saturated rings. The van der Waals surface area contributed by atoms with E-state index in [-0.39, 0.29) is 0 Å². The molecule has 5 heteroatoms. The van der Waals surface area contributed by atoms with Crippen LogP contribution in [0.4, 0.5) is 0 Å². The Kier molecular flexibility index (Phi) is 4.93. The zero-order chi connectivity index (χ0) is 14.5. The first-order valence-corrected chi connectivity index (χ1v) is 8.54. The Morgan fingerprint density at radius 2 is 2.05 bits per heavy atom. The van der Waals surface area contributed by atoms with E-state index in [2.05, 4.69) is 50.4 Å². The number of fused-ring (bicyclic) bond motifs is 1. The fraction of sp³-hybridized carbons (Fsp3) is 0.500. The smallest absolute Gasteiger partial charge is 0.191 e. The molecule has 0 radical (unpaired) electrons. The van der Waals surface area contributed by atoms with Gasteiger partial charge in [-0.1, -0.05) is 48.5 Å². The molecular weight excluding hydrogens is 280 g/mol. The van der Waals surface area contributed by atoms with Gasteiger partial charge in [-0.2, -0.15) is 0 Å². The first kappa shape index (κ1) is 14.6. The summed E-state index contributed by atoms with van der Waals surface area (Å²) in [5.41, 5.74) is 1.34. The number of nitrogens with zero attached hydrogens (tertiary/aromatic N) is 3. The van der Waals surface area contributed by atoms with Crippen LogP contribution in [0, 0.1) is 0 Å². The molecule has 112 valence electrons. The summed E-state index contributed by atoms with van der Waals surface area (Å²) in [6.45, 7) is 1.99. The van der Waals surface area contributed by atoms with Crippen molar-refractivity contribution in [1.82, 2.24) is 20.1 Å². The zero-order valence-corrected chi connectivity index (χ0v) is 13.3. The second kappa shape index (κ2) is 7.09. The van der Waals surface area contributed by atoms with E-state index in [1.54, 1.807) is 0 Å². The summed E-state index contributed by atoms with van der Waals surface area (Å²) in [7, 11) is 2.00. The van der Waals surface area contributed by atoms with Crippen molar-refractivity contribution >= 4 is 11.8 Å². The van der Waals surface area contributed by atoms with Gasteiger partial charge in [0.25, 0.3) is 0 Å². The van der Waals surface area contributed by atoms with Crippen molar-refractivity contribution < 1.29 is 0 Å². The number of hydrogen-bond acceptors (Lipinski definition) is 4. The molecule has 4 nitrogen and oxygen atoms in total. The first-order chi connectivity index (χ1) is 10.4. The highest BCUT2D eigenvalue weighted by molar-refractivity contribution is 7.99. The van der Waals surface area contributed by atoms with Crippen molar-refractivity contribution in [2.75, 3.05) is 13.6 Å². The molecule has 1 aliphatic rings. The number of likely N-dealkylation sites (N-methyl/N-ethyl adjacent to an activating group) is 1. The van der Waals surface area contributed by atoms with Crippen LogP contribution in [-0.4, -0.2) is 28.4 Å². The molecule has 0 saturated carbocycles. The van der Waals surface area contributed by atoms with Crippen LogP contribution in [0.3, 0.4) is 0 Å². The minimum Gasteiger partial charge on any atom is -0.318 e. The van der Waals surface area contributed by atoms with Gasteiger partial charge in [0.15, 0.2) is 5.16 Å². The highest BCUT2D eigenvalue weighted by Crippen LogP contribution is 2.34. The lowest BCUT2D eigenvalue weighted by atomic mass is 10.1. The summed E-state index contributed by atoms with van der Waals surface area (Å²) in [5, 5.41) is 13.6. The van der Waals surface area contributed by atoms with Gasteiger partial charge in [-0.15, -0.1) is 10.2 Å². The topological polar surface area (TPSA) is 42.7 Å². The van der Waals surface area contributed by atoms with Crippen LogP contribution in [-0.2, 0) is 13.0 Å². The van der Waals surface area contributed by atoms with Crippen LogP contribution in [0.15, 0.2) is 35.5 Å². The summed E-state index contributed by atoms with van der Waals surface area (Å²) < 4.78 is 2.32. The lowest BCUT2D eigenvalue weighted by Gasteiger charge is -2.16. The van der Waals surface area contributed by atoms with E-state index in [4.69, 9.17) is 0 Å². The number of benzene rings is 1. The summed E-state index contributed by atoms with van der Waals surface area (Å²) in [5.74, 6) is 1.16. The summed E-state index contributed by atoms with van der Waals surface area (Å²) in [4.78, 5) is 0. The average Bonchev–Trinajstić information content (AvgIpc) is 2.75. The molecule has 1 unspecified atom stereocenters. The third kappa shape index (κ3) is 3.47. The molecule has 2 heterocycles. The molecule has 0 aliphatic carbocycles. The Morgan fingerprint density at radius 3 is 2.86 bits per heavy atom. The third-order valence-corrected chi connectivity index (χ3v) is 5.12. The lowest BCUT2D eigenvalue weighted by Crippen LogP contribution is -2.15. The summed E-state index contributed by atoms with van der Waals surface area (Å²) >= 11 is 1.82. The molecule has 1 atom stereocenters. The Balaban J connectivity index is 1.82. The monoisotopic (exact) mass is 302 g/mol. The van der Waals surface area contributed by atoms with Crippen molar-refractivity contribution in [2.45, 2.75) is 42.6 Å². The maximum absolute atomic E-state index is 4.44. The fourth-order valence-electron chi connectivity index (χ4n) is 2.75. The SMILES string of the molecule is CNCC(Sc1nnc2n1CCCCC2)c1ccccc1. The first-order valence-electron chi connectivity index (χ1n) is 7.67. The normalized spacial score (nSPS) is 16.2. The molecule has 2 aromatic rings. The maximum Gasteiger partial charge on any atom is 0.191 e. The highest BCUT2D eigenvalue weighted by atomic mass is 32.2. The van der Waals surface area contributed by atoms with Gasteiger partial charge in [0.1, 0.15) is 5.82 Å². The minimum absolute atomic E-state index is 0.368. The van der Waals surface area contributed by atoms with Gasteiger partial charge in [-0.25, -0.2) is 0 Å². The van der Waals surface area contributed by atoms with Crippen molar-refractivity contribution in [3.8, 4) is 0 Å². The van der Waals surface area contributed by atoms with Crippen LogP contribution in [0.2, 0.25) is 0 Å². The predicted octanol–water partition coefficient (Wildman–Crippen LogP) is 3.06. The quantitative estimate of drug-likeness (QED) is 0.862. The van der Waals surface area contributed by atoms with Gasteiger partial charge in [-0.05, 0) is 25.5 Å². The van der Waals surface area contributed by atoms with E-state index in [0.29, 0.717) is 5.25 Å². The molecule has 0 saturated heterocycles. The van der Waals surface area contributed by atoms with E-state index >= 15 is 0 Å². The van der Waals surface area contributed by atoms with E-state index in [1.165, 1.54) is 24.8 Å². The van der Waals surface area contributed by atoms with Gasteiger partial charge in [-0.3, -0.25) is 0 Å². The van der Waals surface area contributed by atoms with Gasteiger partial charge in [0.05, 0.1) is 0 Å². The molecule has 1 aromatic carbocycles. The van der Waals surface area contributed by atoms with Crippen LogP contribution >= 0.6 is 11.8 Å². The van der Waals surface area contributed by atoms with Crippen LogP contribution in [0.25, 0.3) is 0 Å². The Hall–Kier alpha value is -1.33. The molecule has 1 aromatic heterocycles. The van der Waals surface area contributed by atoms with E-state index in [1.807, 2.05) is 18.8 Å². The van der Waals surface area contributed by atoms with Crippen molar-refractivity contribution in [2.24, 2.45) is 0 Å². The molecule has 0 bridgehead atoms. The fourth-order valence-corrected chi connectivity index (χ4v) is 3.96. The lowest BCUT2D eigenvalue weighted by molar-refractivity contribution is 0.589. The van der Waals surface area contributed by atoms with Gasteiger partial charge in [0.2, 0.25) is 0 Å². The van der Waals surface area contributed by atoms with E-state index in [0.717, 1.165) is 30.5 Å². The number of aryl methyl sites for hydroxylation is 1. The molecular formula is C16H22N4S. The maximum atomic E-state index is 4.44. The predicted molar refractivity (Wildman–Crippen MR) is 86.5 cm³/mol. The van der Waals surface area contributed by atoms with E-state index in [9.17, 15) is 0 Å². The number of thioether (sulfide) groups is 1. The number of hydrogen-bond donors (Lipinski definition) is 1. The van der Waals surface area contributed by atoms with Crippen LogP contribution in [0.1, 0.15) is 35.9 Å². The van der Waals surface area contributed by atoms with Crippen molar-refractivity contribution in [3.05, 3.63) is 41.7 Å². The molecule has 0 amide bonds. The third-order valence-electron chi connectivity index (χ3n) is 3.88. The van der Waals surface area contributed by atoms with Crippen LogP contribution in [0.5, 0.6) is 0 Å². The number of aromatic nitrogens is 3. The highest BCUT2D eigenvalue weighted by Gasteiger charge is 2.19. The Bertz CT molecular complexity index is 567. The van der Waals surface area contributed by atoms with Crippen molar-refractivity contribution in [1.29, 1.82) is 0 Å². The Labute approximate surface area is 130 Å². The second-order valence-electron chi connectivity index (χ2n) is 5.44. The molecule has 1 aliphatic heterocycles. The van der Waals surface area contributed by atoms with Gasteiger partial charge in [0, 0.05) is 24.8 Å². The van der Waals surface area contributed by atoms with Crippen molar-refractivity contribution in [3.63, 3.8) is 0 Å². The number of nitrogens with one attached hydrogen (secondary N) is 1. The molecule has 3 rings (SSSR count). The largest absolute Gasteiger partial charge is 0.318 e. The molecule has 1 N–H and O–H groups in total. The average molecular weight is 302 g/mol. The summed E-state index contributed by atoms with van der Waals surface area (Å²) in [6.07, 6.45) is 4.84. The van der Waals surface area contributed by atoms with E-state index < -0.39 is 0 Å². The second-order valence-corrected chi connectivity index (χ2v) is 6.61. The van der Waals surface area contributed by atoms with Gasteiger partial charge >= 0.3 is 0 Å². The minimum atomic E-state index is 0.368. The van der Waals surface area contributed by atoms with Crippen LogP contribution < -0.4 is 5.32 Å². The zero-order valence-electron chi connectivity index (χ0n) is 12.5. The standard InChI is InChI=1S/C16H22N4S/c1-17-12-14(13-8-4-2-5-9-13)21-16-19-18-15-10-6-3-7-11-20(15)16/h2,4-5,8-9,14,17H,3,6-7,10-12H2,1H3. The Morgan fingerprint density at radius 1 is 1.19 bits per heavy atom. The molecule has 21 heavy (non-hydrogen) atoms. The number of rotatable bonds is 5. The summed E-state index contributed by atoms with van der Waals surface area (Å²) in [6, 6.07) is 10.6.